The molecule has 0 fully saturated rings. The van der Waals surface area contributed by atoms with Crippen LogP contribution in [0.15, 0.2) is 42.5 Å². The highest BCUT2D eigenvalue weighted by molar-refractivity contribution is 7.16. The van der Waals surface area contributed by atoms with Crippen molar-refractivity contribution in [3.8, 4) is 5.06 Å². The van der Waals surface area contributed by atoms with Crippen molar-refractivity contribution in [2.45, 2.75) is 0 Å². The predicted octanol–water partition coefficient (Wildman–Crippen LogP) is 2.99. The van der Waals surface area contributed by atoms with Crippen LogP contribution in [0.5, 0.6) is 5.06 Å². The molecule has 0 aliphatic rings. The molecule has 0 N–H and O–H groups in total. The highest BCUT2D eigenvalue weighted by Crippen LogP contribution is 2.25. The second kappa shape index (κ2) is 4.28. The minimum Gasteiger partial charge on any atom is -0.487 e. The molecule has 0 saturated carbocycles. The van der Waals surface area contributed by atoms with Gasteiger partial charge >= 0.3 is 0 Å². The molecular weight excluding hydrogens is 208 g/mol. The molecule has 0 radical (unpaired) electrons. The van der Waals surface area contributed by atoms with E-state index in [9.17, 15) is 4.79 Å². The molecule has 76 valence electrons. The van der Waals surface area contributed by atoms with Gasteiger partial charge in [-0.2, -0.15) is 0 Å². The van der Waals surface area contributed by atoms with Gasteiger partial charge in [0.05, 0.1) is 12.0 Å². The fraction of sp³-hybridized carbons (Fsp3) is 0.0833. The quantitative estimate of drug-likeness (QED) is 0.740. The van der Waals surface area contributed by atoms with Crippen molar-refractivity contribution in [3.05, 3.63) is 52.9 Å². The number of ether oxygens (including phenoxy) is 1. The molecule has 0 spiro atoms. The largest absolute Gasteiger partial charge is 0.487 e. The Kier molecular flexibility index (Phi) is 2.83. The Balaban J connectivity index is 2.29. The van der Waals surface area contributed by atoms with Crippen molar-refractivity contribution in [2.75, 3.05) is 7.11 Å². The van der Waals surface area contributed by atoms with E-state index >= 15 is 0 Å². The number of carbonyl (C=O) groups excluding carboxylic acids is 1. The second-order valence-electron chi connectivity index (χ2n) is 3.02. The molecule has 0 saturated heterocycles. The number of methoxy groups -OCH3 is 1. The zero-order valence-corrected chi connectivity index (χ0v) is 9.08. The number of ketones is 1. The summed E-state index contributed by atoms with van der Waals surface area (Å²) < 4.78 is 5.05. The molecule has 0 aliphatic heterocycles. The summed E-state index contributed by atoms with van der Waals surface area (Å²) in [5.41, 5.74) is 0.710. The molecule has 0 aliphatic carbocycles. The van der Waals surface area contributed by atoms with Gasteiger partial charge in [0, 0.05) is 5.56 Å². The van der Waals surface area contributed by atoms with E-state index in [1.165, 1.54) is 11.3 Å². The smallest absolute Gasteiger partial charge is 0.203 e. The molecule has 0 unspecified atom stereocenters. The maximum absolute atomic E-state index is 11.9. The van der Waals surface area contributed by atoms with Gasteiger partial charge in [0.2, 0.25) is 5.78 Å². The van der Waals surface area contributed by atoms with Crippen LogP contribution in [0.25, 0.3) is 0 Å². The summed E-state index contributed by atoms with van der Waals surface area (Å²) >= 11 is 1.36. The van der Waals surface area contributed by atoms with Crippen molar-refractivity contribution in [3.63, 3.8) is 0 Å². The molecular formula is C12H10O2S. The molecule has 2 aromatic rings. The molecule has 1 aromatic carbocycles. The van der Waals surface area contributed by atoms with Crippen LogP contribution in [0, 0.1) is 0 Å². The fourth-order valence-corrected chi connectivity index (χ4v) is 2.07. The number of thiophene rings is 1. The lowest BCUT2D eigenvalue weighted by Gasteiger charge is -1.96. The summed E-state index contributed by atoms with van der Waals surface area (Å²) in [6, 6.07) is 12.8. The Morgan fingerprint density at radius 3 is 2.47 bits per heavy atom. The Morgan fingerprint density at radius 2 is 1.87 bits per heavy atom. The van der Waals surface area contributed by atoms with Crippen LogP contribution in [0.4, 0.5) is 0 Å². The van der Waals surface area contributed by atoms with Crippen molar-refractivity contribution < 1.29 is 9.53 Å². The molecule has 0 amide bonds. The van der Waals surface area contributed by atoms with Crippen molar-refractivity contribution in [2.24, 2.45) is 0 Å². The van der Waals surface area contributed by atoms with Crippen LogP contribution in [-0.4, -0.2) is 12.9 Å². The summed E-state index contributed by atoms with van der Waals surface area (Å²) in [5, 5.41) is 0.759. The lowest BCUT2D eigenvalue weighted by atomic mass is 10.1. The first-order valence-electron chi connectivity index (χ1n) is 4.55. The van der Waals surface area contributed by atoms with Crippen LogP contribution in [-0.2, 0) is 0 Å². The summed E-state index contributed by atoms with van der Waals surface area (Å²) in [5.74, 6) is 0.0453. The third-order valence-electron chi connectivity index (χ3n) is 2.04. The van der Waals surface area contributed by atoms with E-state index in [-0.39, 0.29) is 5.78 Å². The standard InChI is InChI=1S/C12H10O2S/c1-14-11-8-7-10(15-11)12(13)9-5-3-2-4-6-9/h2-8H,1H3. The Morgan fingerprint density at radius 1 is 1.13 bits per heavy atom. The molecule has 0 bridgehead atoms. The van der Waals surface area contributed by atoms with Gasteiger partial charge in [0.15, 0.2) is 5.06 Å². The average Bonchev–Trinajstić information content (AvgIpc) is 2.78. The Bertz CT molecular complexity index is 459. The van der Waals surface area contributed by atoms with E-state index in [0.717, 1.165) is 5.06 Å². The minimum atomic E-state index is 0.0453. The molecule has 0 atom stereocenters. The molecule has 1 heterocycles. The highest BCUT2D eigenvalue weighted by atomic mass is 32.1. The maximum Gasteiger partial charge on any atom is 0.203 e. The van der Waals surface area contributed by atoms with E-state index in [4.69, 9.17) is 4.74 Å². The predicted molar refractivity (Wildman–Crippen MR) is 60.7 cm³/mol. The van der Waals surface area contributed by atoms with Crippen LogP contribution in [0.3, 0.4) is 0 Å². The second-order valence-corrected chi connectivity index (χ2v) is 4.06. The van der Waals surface area contributed by atoms with E-state index in [0.29, 0.717) is 10.4 Å². The SMILES string of the molecule is COc1ccc(C(=O)c2ccccc2)s1. The van der Waals surface area contributed by atoms with E-state index in [1.54, 1.807) is 19.2 Å². The maximum atomic E-state index is 11.9. The lowest BCUT2D eigenvalue weighted by Crippen LogP contribution is -1.97. The number of carbonyl (C=O) groups is 1. The molecule has 2 nitrogen and oxygen atoms in total. The summed E-state index contributed by atoms with van der Waals surface area (Å²) in [6.07, 6.45) is 0. The minimum absolute atomic E-state index is 0.0453. The summed E-state index contributed by atoms with van der Waals surface area (Å²) in [4.78, 5) is 12.6. The van der Waals surface area contributed by atoms with Crippen LogP contribution in [0.2, 0.25) is 0 Å². The zero-order valence-electron chi connectivity index (χ0n) is 8.27. The van der Waals surface area contributed by atoms with Gasteiger partial charge < -0.3 is 4.74 Å². The summed E-state index contributed by atoms with van der Waals surface area (Å²) in [6.45, 7) is 0. The number of hydrogen-bond donors (Lipinski definition) is 0. The van der Waals surface area contributed by atoms with Crippen LogP contribution in [0.1, 0.15) is 15.2 Å². The van der Waals surface area contributed by atoms with Gasteiger partial charge in [-0.15, -0.1) is 0 Å². The van der Waals surface area contributed by atoms with Gasteiger partial charge in [-0.3, -0.25) is 4.79 Å². The van der Waals surface area contributed by atoms with Crippen LogP contribution < -0.4 is 4.74 Å². The highest BCUT2D eigenvalue weighted by Gasteiger charge is 2.11. The third kappa shape index (κ3) is 2.07. The number of hydrogen-bond acceptors (Lipinski definition) is 3. The first-order valence-corrected chi connectivity index (χ1v) is 5.36. The first kappa shape index (κ1) is 9.93. The average molecular weight is 218 g/mol. The molecule has 1 aromatic heterocycles. The van der Waals surface area contributed by atoms with Gasteiger partial charge in [0.25, 0.3) is 0 Å². The van der Waals surface area contributed by atoms with Crippen molar-refractivity contribution in [1.29, 1.82) is 0 Å². The van der Waals surface area contributed by atoms with Crippen molar-refractivity contribution in [1.82, 2.24) is 0 Å². The molecule has 3 heteroatoms. The molecule has 15 heavy (non-hydrogen) atoms. The van der Waals surface area contributed by atoms with Crippen LogP contribution >= 0.6 is 11.3 Å². The topological polar surface area (TPSA) is 26.3 Å². The van der Waals surface area contributed by atoms with Gasteiger partial charge in [-0.05, 0) is 12.1 Å². The van der Waals surface area contributed by atoms with Gasteiger partial charge in [0.1, 0.15) is 0 Å². The normalized spacial score (nSPS) is 9.93. The monoisotopic (exact) mass is 218 g/mol. The Labute approximate surface area is 92.1 Å². The van der Waals surface area contributed by atoms with Gasteiger partial charge in [-0.1, -0.05) is 41.7 Å². The summed E-state index contributed by atoms with van der Waals surface area (Å²) in [7, 11) is 1.60. The first-order chi connectivity index (χ1) is 7.31. The van der Waals surface area contributed by atoms with E-state index in [1.807, 2.05) is 30.3 Å². The van der Waals surface area contributed by atoms with Crippen molar-refractivity contribution >= 4 is 17.1 Å². The van der Waals surface area contributed by atoms with E-state index < -0.39 is 0 Å². The number of benzene rings is 1. The number of rotatable bonds is 3. The zero-order chi connectivity index (χ0) is 10.7. The molecule has 2 rings (SSSR count). The van der Waals surface area contributed by atoms with E-state index in [2.05, 4.69) is 0 Å². The Hall–Kier alpha value is -1.61. The lowest BCUT2D eigenvalue weighted by molar-refractivity contribution is 0.104. The fourth-order valence-electron chi connectivity index (χ4n) is 1.28. The third-order valence-corrected chi connectivity index (χ3v) is 3.09. The van der Waals surface area contributed by atoms with Gasteiger partial charge in [-0.25, -0.2) is 0 Å².